The molecule has 0 saturated carbocycles. The Morgan fingerprint density at radius 3 is 2.28 bits per heavy atom. The molecule has 0 aliphatic heterocycles. The molecule has 0 spiro atoms. The first-order chi connectivity index (χ1) is 15.3. The second kappa shape index (κ2) is 10.7. The Labute approximate surface area is 191 Å². The van der Waals surface area contributed by atoms with E-state index in [2.05, 4.69) is 13.8 Å². The van der Waals surface area contributed by atoms with E-state index in [1.165, 1.54) is 12.1 Å². The van der Waals surface area contributed by atoms with Crippen molar-refractivity contribution in [2.24, 2.45) is 0 Å². The zero-order valence-corrected chi connectivity index (χ0v) is 18.8. The van der Waals surface area contributed by atoms with E-state index < -0.39 is 24.6 Å². The molecule has 0 unspecified atom stereocenters. The summed E-state index contributed by atoms with van der Waals surface area (Å²) < 4.78 is 13.6. The van der Waals surface area contributed by atoms with E-state index in [0.717, 1.165) is 32.0 Å². The molecular formula is C26H27FO4S. The molecule has 3 N–H and O–H groups in total. The van der Waals surface area contributed by atoms with E-state index in [4.69, 9.17) is 5.11 Å². The summed E-state index contributed by atoms with van der Waals surface area (Å²) in [5.41, 5.74) is 3.81. The summed E-state index contributed by atoms with van der Waals surface area (Å²) >= 11 is 1.67. The van der Waals surface area contributed by atoms with Gasteiger partial charge in [-0.3, -0.25) is 4.79 Å². The maximum atomic E-state index is 13.6. The lowest BCUT2D eigenvalue weighted by Gasteiger charge is -2.12. The van der Waals surface area contributed by atoms with Gasteiger partial charge in [0.1, 0.15) is 5.82 Å². The minimum absolute atomic E-state index is 0.0681. The van der Waals surface area contributed by atoms with Crippen LogP contribution in [0.2, 0.25) is 0 Å². The molecule has 3 rings (SSSR count). The third-order valence-corrected chi connectivity index (χ3v) is 6.63. The zero-order valence-electron chi connectivity index (χ0n) is 18.0. The highest BCUT2D eigenvalue weighted by Crippen LogP contribution is 2.46. The van der Waals surface area contributed by atoms with Crippen LogP contribution in [-0.4, -0.2) is 33.5 Å². The average Bonchev–Trinajstić information content (AvgIpc) is 3.12. The van der Waals surface area contributed by atoms with Crippen molar-refractivity contribution in [3.63, 3.8) is 0 Å². The van der Waals surface area contributed by atoms with Crippen molar-refractivity contribution in [3.05, 3.63) is 76.9 Å². The molecule has 168 valence electrons. The number of carboxylic acid groups (broad SMARTS) is 1. The summed E-state index contributed by atoms with van der Waals surface area (Å²) in [5.74, 6) is -1.21. The predicted molar refractivity (Wildman–Crippen MR) is 127 cm³/mol. The Hall–Kier alpha value is -2.80. The third kappa shape index (κ3) is 5.91. The first kappa shape index (κ1) is 23.9. The molecule has 2 aromatic carbocycles. The van der Waals surface area contributed by atoms with Gasteiger partial charge in [-0.1, -0.05) is 68.5 Å². The minimum atomic E-state index is -1.13. The molecule has 0 aliphatic carbocycles. The molecule has 0 bridgehead atoms. The van der Waals surface area contributed by atoms with Gasteiger partial charge in [0.05, 0.1) is 18.6 Å². The van der Waals surface area contributed by atoms with Gasteiger partial charge in [-0.25, -0.2) is 4.39 Å². The first-order valence-corrected chi connectivity index (χ1v) is 11.3. The van der Waals surface area contributed by atoms with Crippen molar-refractivity contribution in [1.29, 1.82) is 0 Å². The van der Waals surface area contributed by atoms with Gasteiger partial charge in [0.25, 0.3) is 0 Å². The molecule has 1 aromatic heterocycles. The van der Waals surface area contributed by atoms with Gasteiger partial charge in [0.2, 0.25) is 0 Å². The molecule has 0 saturated heterocycles. The van der Waals surface area contributed by atoms with Gasteiger partial charge in [0.15, 0.2) is 0 Å². The van der Waals surface area contributed by atoms with E-state index in [1.54, 1.807) is 29.5 Å². The summed E-state index contributed by atoms with van der Waals surface area (Å²) in [7, 11) is 0. The molecule has 0 aliphatic rings. The van der Waals surface area contributed by atoms with Crippen LogP contribution in [0, 0.1) is 5.82 Å². The number of carboxylic acids is 1. The maximum absolute atomic E-state index is 13.6. The largest absolute Gasteiger partial charge is 0.481 e. The number of thiophene rings is 1. The molecule has 0 fully saturated rings. The second-order valence-corrected chi connectivity index (χ2v) is 9.08. The van der Waals surface area contributed by atoms with Crippen LogP contribution in [-0.2, 0) is 4.79 Å². The van der Waals surface area contributed by atoms with Crippen molar-refractivity contribution in [1.82, 2.24) is 0 Å². The van der Waals surface area contributed by atoms with Crippen LogP contribution < -0.4 is 0 Å². The minimum Gasteiger partial charge on any atom is -0.481 e. The summed E-state index contributed by atoms with van der Waals surface area (Å²) in [6, 6.07) is 16.3. The van der Waals surface area contributed by atoms with Crippen LogP contribution in [0.25, 0.3) is 27.6 Å². The fourth-order valence-electron chi connectivity index (χ4n) is 3.60. The molecule has 32 heavy (non-hydrogen) atoms. The molecule has 0 amide bonds. The van der Waals surface area contributed by atoms with Crippen LogP contribution in [0.3, 0.4) is 0 Å². The standard InChI is InChI=1S/C26H27FO4S/c1-16(2)25-22(13-12-20(28)14-21(29)15-23(30)31)24(17-8-10-19(27)11-9-17)26(32-25)18-6-4-3-5-7-18/h3-13,16,20-21,28-29H,14-15H2,1-2H3,(H,30,31)/b13-12+/t20-,21-/m1/s1. The van der Waals surface area contributed by atoms with E-state index >= 15 is 0 Å². The van der Waals surface area contributed by atoms with Crippen molar-refractivity contribution in [3.8, 4) is 21.6 Å². The Morgan fingerprint density at radius 2 is 1.69 bits per heavy atom. The van der Waals surface area contributed by atoms with Gasteiger partial charge in [0, 0.05) is 21.7 Å². The number of aliphatic carboxylic acids is 1. The van der Waals surface area contributed by atoms with Crippen molar-refractivity contribution < 1.29 is 24.5 Å². The maximum Gasteiger partial charge on any atom is 0.305 e. The number of hydrogen-bond acceptors (Lipinski definition) is 4. The normalized spacial score (nSPS) is 13.6. The van der Waals surface area contributed by atoms with Crippen molar-refractivity contribution in [2.75, 3.05) is 0 Å². The molecule has 1 heterocycles. The number of aliphatic hydroxyl groups is 2. The van der Waals surface area contributed by atoms with Gasteiger partial charge in [-0.15, -0.1) is 11.3 Å². The lowest BCUT2D eigenvalue weighted by atomic mass is 9.94. The molecule has 4 nitrogen and oxygen atoms in total. The molecule has 0 radical (unpaired) electrons. The Kier molecular flexibility index (Phi) is 7.96. The van der Waals surface area contributed by atoms with Crippen LogP contribution in [0.1, 0.15) is 43.0 Å². The SMILES string of the molecule is CC(C)c1sc(-c2ccccc2)c(-c2ccc(F)cc2)c1/C=C/[C@@H](O)C[C@@H](O)CC(=O)O. The lowest BCUT2D eigenvalue weighted by molar-refractivity contribution is -0.139. The highest BCUT2D eigenvalue weighted by atomic mass is 32.1. The number of aliphatic hydroxyl groups excluding tert-OH is 2. The average molecular weight is 455 g/mol. The fraction of sp³-hybridized carbons (Fsp3) is 0.269. The highest BCUT2D eigenvalue weighted by molar-refractivity contribution is 7.16. The summed E-state index contributed by atoms with van der Waals surface area (Å²) in [6.45, 7) is 4.19. The predicted octanol–water partition coefficient (Wildman–Crippen LogP) is 5.94. The van der Waals surface area contributed by atoms with Crippen LogP contribution in [0.4, 0.5) is 4.39 Å². The first-order valence-electron chi connectivity index (χ1n) is 10.5. The lowest BCUT2D eigenvalue weighted by Crippen LogP contribution is -2.19. The Bertz CT molecular complexity index is 1070. The Morgan fingerprint density at radius 1 is 1.03 bits per heavy atom. The van der Waals surface area contributed by atoms with Crippen LogP contribution in [0.5, 0.6) is 0 Å². The summed E-state index contributed by atoms with van der Waals surface area (Å²) in [5, 5.41) is 29.0. The van der Waals surface area contributed by atoms with Crippen molar-refractivity contribution in [2.45, 2.75) is 44.8 Å². The fourth-order valence-corrected chi connectivity index (χ4v) is 4.92. The van der Waals surface area contributed by atoms with E-state index in [-0.39, 0.29) is 18.2 Å². The van der Waals surface area contributed by atoms with Crippen molar-refractivity contribution >= 4 is 23.4 Å². The zero-order chi connectivity index (χ0) is 23.3. The molecule has 3 aromatic rings. The monoisotopic (exact) mass is 454 g/mol. The molecular weight excluding hydrogens is 427 g/mol. The van der Waals surface area contributed by atoms with Gasteiger partial charge >= 0.3 is 5.97 Å². The highest BCUT2D eigenvalue weighted by Gasteiger charge is 2.21. The van der Waals surface area contributed by atoms with Gasteiger partial charge in [-0.05, 0) is 34.7 Å². The van der Waals surface area contributed by atoms with Crippen LogP contribution in [0.15, 0.2) is 60.7 Å². The number of hydrogen-bond donors (Lipinski definition) is 3. The number of carbonyl (C=O) groups is 1. The van der Waals surface area contributed by atoms with Crippen LogP contribution >= 0.6 is 11.3 Å². The number of benzene rings is 2. The van der Waals surface area contributed by atoms with E-state index in [0.29, 0.717) is 0 Å². The van der Waals surface area contributed by atoms with Gasteiger partial charge in [-0.2, -0.15) is 0 Å². The topological polar surface area (TPSA) is 77.8 Å². The summed E-state index contributed by atoms with van der Waals surface area (Å²) in [6.07, 6.45) is 0.804. The summed E-state index contributed by atoms with van der Waals surface area (Å²) in [4.78, 5) is 12.9. The molecule has 2 atom stereocenters. The van der Waals surface area contributed by atoms with E-state index in [9.17, 15) is 19.4 Å². The smallest absolute Gasteiger partial charge is 0.305 e. The second-order valence-electron chi connectivity index (χ2n) is 8.03. The van der Waals surface area contributed by atoms with E-state index in [1.807, 2.05) is 36.4 Å². The number of halogens is 1. The Balaban J connectivity index is 2.08. The quantitative estimate of drug-likeness (QED) is 0.374. The number of rotatable bonds is 9. The third-order valence-electron chi connectivity index (χ3n) is 5.08. The molecule has 6 heteroatoms. The van der Waals surface area contributed by atoms with Gasteiger partial charge < -0.3 is 15.3 Å².